The highest BCUT2D eigenvalue weighted by molar-refractivity contribution is 6.31. The molecule has 3 nitrogen and oxygen atoms in total. The van der Waals surface area contributed by atoms with Gasteiger partial charge in [0.2, 0.25) is 5.91 Å². The number of nitrogens with one attached hydrogen (secondary N) is 1. The summed E-state index contributed by atoms with van der Waals surface area (Å²) in [5, 5.41) is 2.00. The molecule has 4 heteroatoms. The number of H-pyrrole nitrogens is 1. The molecule has 1 amide bonds. The summed E-state index contributed by atoms with van der Waals surface area (Å²) in [6.07, 6.45) is 2.05. The van der Waals surface area contributed by atoms with E-state index in [2.05, 4.69) is 41.1 Å². The van der Waals surface area contributed by atoms with E-state index in [9.17, 15) is 4.79 Å². The summed E-state index contributed by atoms with van der Waals surface area (Å²) in [6, 6.07) is 16.5. The Labute approximate surface area is 158 Å². The van der Waals surface area contributed by atoms with Crippen LogP contribution in [0.3, 0.4) is 0 Å². The molecule has 2 atom stereocenters. The lowest BCUT2D eigenvalue weighted by atomic mass is 9.83. The zero-order valence-electron chi connectivity index (χ0n) is 14.7. The molecule has 0 radical (unpaired) electrons. The standard InChI is InChI=1S/C22H21ClN2O/c1-13-21-20(16-7-3-5-9-19(16)24-21)17(15-6-2-4-8-18(15)23)12-25(13)22(26)14-10-11-14/h2-9,13-14,17,24H,10-12H2,1H3/t13-,17-/m1/s1. The maximum atomic E-state index is 12.9. The summed E-state index contributed by atoms with van der Waals surface area (Å²) < 4.78 is 0. The van der Waals surface area contributed by atoms with Gasteiger partial charge in [0.05, 0.1) is 6.04 Å². The third kappa shape index (κ3) is 2.38. The van der Waals surface area contributed by atoms with E-state index >= 15 is 0 Å². The lowest BCUT2D eigenvalue weighted by Crippen LogP contribution is -2.42. The minimum Gasteiger partial charge on any atom is -0.356 e. The van der Waals surface area contributed by atoms with Gasteiger partial charge in [-0.05, 0) is 43.0 Å². The minimum atomic E-state index is 0.0595. The van der Waals surface area contributed by atoms with Crippen LogP contribution in [0.15, 0.2) is 48.5 Å². The number of halogens is 1. The Morgan fingerprint density at radius 2 is 1.85 bits per heavy atom. The minimum absolute atomic E-state index is 0.0595. The molecule has 2 aliphatic rings. The fraction of sp³-hybridized carbons (Fsp3) is 0.318. The predicted molar refractivity (Wildman–Crippen MR) is 104 cm³/mol. The second-order valence-corrected chi connectivity index (χ2v) is 7.92. The molecule has 0 saturated heterocycles. The van der Waals surface area contributed by atoms with E-state index in [1.54, 1.807) is 0 Å². The Morgan fingerprint density at radius 1 is 1.12 bits per heavy atom. The third-order valence-electron chi connectivity index (χ3n) is 5.88. The van der Waals surface area contributed by atoms with Crippen LogP contribution in [0, 0.1) is 5.92 Å². The second kappa shape index (κ2) is 5.88. The molecule has 3 aromatic rings. The molecular weight excluding hydrogens is 344 g/mol. The first kappa shape index (κ1) is 16.0. The van der Waals surface area contributed by atoms with Gasteiger partial charge >= 0.3 is 0 Å². The molecular formula is C22H21ClN2O. The Kier molecular flexibility index (Phi) is 3.61. The van der Waals surface area contributed by atoms with Crippen LogP contribution in [0.5, 0.6) is 0 Å². The van der Waals surface area contributed by atoms with Gasteiger partial charge in [-0.2, -0.15) is 0 Å². The molecule has 1 fully saturated rings. The SMILES string of the molecule is C[C@@H]1c2[nH]c3ccccc3c2[C@@H](c2ccccc2Cl)CN1C(=O)C1CC1. The monoisotopic (exact) mass is 364 g/mol. The number of para-hydroxylation sites is 1. The van der Waals surface area contributed by atoms with Crippen LogP contribution in [0.2, 0.25) is 5.02 Å². The molecule has 1 aromatic heterocycles. The van der Waals surface area contributed by atoms with Crippen LogP contribution in [0.25, 0.3) is 10.9 Å². The van der Waals surface area contributed by atoms with Crippen LogP contribution in [0.1, 0.15) is 48.5 Å². The van der Waals surface area contributed by atoms with Gasteiger partial charge in [-0.25, -0.2) is 0 Å². The first-order valence-electron chi connectivity index (χ1n) is 9.30. The summed E-state index contributed by atoms with van der Waals surface area (Å²) in [7, 11) is 0. The van der Waals surface area contributed by atoms with Crippen molar-refractivity contribution in [3.8, 4) is 0 Å². The first-order chi connectivity index (χ1) is 12.6. The molecule has 2 heterocycles. The van der Waals surface area contributed by atoms with Crippen molar-refractivity contribution in [1.82, 2.24) is 9.88 Å². The zero-order chi connectivity index (χ0) is 17.8. The topological polar surface area (TPSA) is 36.1 Å². The normalized spacial score (nSPS) is 22.5. The van der Waals surface area contributed by atoms with E-state index in [0.717, 1.165) is 34.6 Å². The number of fused-ring (bicyclic) bond motifs is 3. The predicted octanol–water partition coefficient (Wildman–Crippen LogP) is 5.27. The molecule has 1 aliphatic carbocycles. The molecule has 1 saturated carbocycles. The second-order valence-electron chi connectivity index (χ2n) is 7.51. The average Bonchev–Trinajstić information content (AvgIpc) is 3.43. The highest BCUT2D eigenvalue weighted by atomic mass is 35.5. The van der Waals surface area contributed by atoms with Gasteiger partial charge in [-0.15, -0.1) is 0 Å². The molecule has 132 valence electrons. The number of rotatable bonds is 2. The molecule has 0 unspecified atom stereocenters. The summed E-state index contributed by atoms with van der Waals surface area (Å²) in [4.78, 5) is 18.6. The highest BCUT2D eigenvalue weighted by Crippen LogP contribution is 2.46. The van der Waals surface area contributed by atoms with Gasteiger partial charge in [0.1, 0.15) is 0 Å². The van der Waals surface area contributed by atoms with Crippen LogP contribution in [-0.2, 0) is 4.79 Å². The quantitative estimate of drug-likeness (QED) is 0.661. The lowest BCUT2D eigenvalue weighted by Gasteiger charge is -2.39. The van der Waals surface area contributed by atoms with Crippen molar-refractivity contribution in [3.63, 3.8) is 0 Å². The van der Waals surface area contributed by atoms with Crippen LogP contribution >= 0.6 is 11.6 Å². The largest absolute Gasteiger partial charge is 0.356 e. The van der Waals surface area contributed by atoms with E-state index in [4.69, 9.17) is 11.6 Å². The summed E-state index contributed by atoms with van der Waals surface area (Å²) >= 11 is 6.57. The number of hydrogen-bond donors (Lipinski definition) is 1. The Balaban J connectivity index is 1.71. The van der Waals surface area contributed by atoms with Gasteiger partial charge in [-0.1, -0.05) is 48.0 Å². The molecule has 2 aromatic carbocycles. The van der Waals surface area contributed by atoms with Crippen LogP contribution in [0.4, 0.5) is 0 Å². The van der Waals surface area contributed by atoms with Gasteiger partial charge in [0, 0.05) is 40.0 Å². The number of amides is 1. The van der Waals surface area contributed by atoms with Crippen LogP contribution in [-0.4, -0.2) is 22.3 Å². The highest BCUT2D eigenvalue weighted by Gasteiger charge is 2.42. The van der Waals surface area contributed by atoms with Gasteiger partial charge in [0.25, 0.3) is 0 Å². The van der Waals surface area contributed by atoms with Crippen molar-refractivity contribution in [2.45, 2.75) is 31.7 Å². The maximum absolute atomic E-state index is 12.9. The number of hydrogen-bond acceptors (Lipinski definition) is 1. The summed E-state index contributed by atoms with van der Waals surface area (Å²) in [5.41, 5.74) is 4.67. The molecule has 1 aliphatic heterocycles. The number of benzene rings is 2. The molecule has 0 bridgehead atoms. The van der Waals surface area contributed by atoms with Crippen LogP contribution < -0.4 is 0 Å². The van der Waals surface area contributed by atoms with Crippen molar-refractivity contribution >= 4 is 28.4 Å². The van der Waals surface area contributed by atoms with E-state index in [1.807, 2.05) is 24.3 Å². The summed E-state index contributed by atoms with van der Waals surface area (Å²) in [6.45, 7) is 2.83. The number of aromatic amines is 1. The van der Waals surface area contributed by atoms with Crippen molar-refractivity contribution < 1.29 is 4.79 Å². The number of aromatic nitrogens is 1. The average molecular weight is 365 g/mol. The van der Waals surface area contributed by atoms with Gasteiger partial charge in [-0.3, -0.25) is 4.79 Å². The molecule has 0 spiro atoms. The Bertz CT molecular complexity index is 1000. The van der Waals surface area contributed by atoms with Gasteiger partial charge < -0.3 is 9.88 Å². The Morgan fingerprint density at radius 3 is 2.62 bits per heavy atom. The smallest absolute Gasteiger partial charge is 0.226 e. The summed E-state index contributed by atoms with van der Waals surface area (Å²) in [5.74, 6) is 0.600. The van der Waals surface area contributed by atoms with Gasteiger partial charge in [0.15, 0.2) is 0 Å². The van der Waals surface area contributed by atoms with Crippen molar-refractivity contribution in [2.24, 2.45) is 5.92 Å². The maximum Gasteiger partial charge on any atom is 0.226 e. The number of carbonyl (C=O) groups is 1. The van der Waals surface area contributed by atoms with E-state index in [0.29, 0.717) is 12.5 Å². The fourth-order valence-electron chi connectivity index (χ4n) is 4.35. The fourth-order valence-corrected chi connectivity index (χ4v) is 4.62. The Hall–Kier alpha value is -2.26. The van der Waals surface area contributed by atoms with E-state index < -0.39 is 0 Å². The van der Waals surface area contributed by atoms with E-state index in [-0.39, 0.29) is 17.9 Å². The van der Waals surface area contributed by atoms with Crippen molar-refractivity contribution in [2.75, 3.05) is 6.54 Å². The van der Waals surface area contributed by atoms with E-state index in [1.165, 1.54) is 10.9 Å². The molecule has 5 rings (SSSR count). The molecule has 26 heavy (non-hydrogen) atoms. The third-order valence-corrected chi connectivity index (χ3v) is 6.22. The van der Waals surface area contributed by atoms with Crippen molar-refractivity contribution in [3.05, 3.63) is 70.4 Å². The number of nitrogens with zero attached hydrogens (tertiary/aromatic N) is 1. The van der Waals surface area contributed by atoms with Crippen molar-refractivity contribution in [1.29, 1.82) is 0 Å². The zero-order valence-corrected chi connectivity index (χ0v) is 15.5. The first-order valence-corrected chi connectivity index (χ1v) is 9.68. The molecule has 1 N–H and O–H groups in total. The number of carbonyl (C=O) groups excluding carboxylic acids is 1. The lowest BCUT2D eigenvalue weighted by molar-refractivity contribution is -0.135.